The van der Waals surface area contributed by atoms with Crippen LogP contribution in [0.4, 0.5) is 11.4 Å². The number of esters is 1. The number of hydrogen-bond donors (Lipinski definition) is 2. The van der Waals surface area contributed by atoms with Gasteiger partial charge in [0.05, 0.1) is 12.2 Å². The Labute approximate surface area is 226 Å². The molecule has 1 unspecified atom stereocenters. The second-order valence-electron chi connectivity index (χ2n) is 8.54. The Balaban J connectivity index is 1.46. The first-order valence-electron chi connectivity index (χ1n) is 12.2. The number of thioether (sulfide) groups is 1. The first-order valence-corrected chi connectivity index (χ1v) is 13.1. The van der Waals surface area contributed by atoms with Gasteiger partial charge >= 0.3 is 5.97 Å². The normalized spacial score (nSPS) is 11.3. The van der Waals surface area contributed by atoms with Crippen LogP contribution in [0.15, 0.2) is 108 Å². The molecule has 38 heavy (non-hydrogen) atoms. The summed E-state index contributed by atoms with van der Waals surface area (Å²) < 4.78 is 5.02. The fourth-order valence-electron chi connectivity index (χ4n) is 3.76. The van der Waals surface area contributed by atoms with E-state index in [-0.39, 0.29) is 11.8 Å². The lowest BCUT2D eigenvalue weighted by Gasteiger charge is -2.17. The Hall–Kier alpha value is -4.36. The van der Waals surface area contributed by atoms with E-state index in [4.69, 9.17) is 4.74 Å². The monoisotopic (exact) mass is 524 g/mol. The lowest BCUT2D eigenvalue weighted by atomic mass is 10.1. The summed E-state index contributed by atoms with van der Waals surface area (Å²) in [5.74, 6) is -0.770. The van der Waals surface area contributed by atoms with E-state index in [1.54, 1.807) is 37.3 Å². The van der Waals surface area contributed by atoms with Gasteiger partial charge in [-0.2, -0.15) is 0 Å². The van der Waals surface area contributed by atoms with Crippen molar-refractivity contribution >= 4 is 40.9 Å². The number of nitrogens with one attached hydrogen (secondary N) is 2. The van der Waals surface area contributed by atoms with Gasteiger partial charge in [0.25, 0.3) is 5.91 Å². The number of benzene rings is 4. The van der Waals surface area contributed by atoms with E-state index in [2.05, 4.69) is 10.6 Å². The summed E-state index contributed by atoms with van der Waals surface area (Å²) in [6, 6.07) is 31.0. The smallest absolute Gasteiger partial charge is 0.338 e. The van der Waals surface area contributed by atoms with Crippen molar-refractivity contribution in [2.75, 3.05) is 17.2 Å². The number of rotatable bonds is 9. The van der Waals surface area contributed by atoms with E-state index in [0.29, 0.717) is 29.1 Å². The van der Waals surface area contributed by atoms with E-state index in [0.717, 1.165) is 16.0 Å². The van der Waals surface area contributed by atoms with Gasteiger partial charge in [0.2, 0.25) is 5.91 Å². The Morgan fingerprint density at radius 3 is 2.08 bits per heavy atom. The van der Waals surface area contributed by atoms with Crippen LogP contribution in [0.2, 0.25) is 0 Å². The molecule has 6 nitrogen and oxygen atoms in total. The molecule has 0 aromatic heterocycles. The predicted octanol–water partition coefficient (Wildman–Crippen LogP) is 6.90. The number of amides is 2. The third-order valence-corrected chi connectivity index (χ3v) is 6.92. The Morgan fingerprint density at radius 1 is 0.763 bits per heavy atom. The van der Waals surface area contributed by atoms with E-state index in [9.17, 15) is 14.4 Å². The molecule has 0 spiro atoms. The molecule has 0 aliphatic rings. The van der Waals surface area contributed by atoms with Gasteiger partial charge in [0.1, 0.15) is 5.25 Å². The SMILES string of the molecule is CCOC(=O)c1ccc(NC(=O)C(Sc2ccc(NC(=O)c3cccc(C)c3)cc2)c2ccccc2)cc1. The third-order valence-electron chi connectivity index (χ3n) is 5.65. The summed E-state index contributed by atoms with van der Waals surface area (Å²) in [4.78, 5) is 38.7. The standard InChI is InChI=1S/C31H28N2O4S/c1-3-37-31(36)23-12-14-25(15-13-23)33-30(35)28(22-9-5-4-6-10-22)38-27-18-16-26(17-19-27)32-29(34)24-11-7-8-21(2)20-24/h4-20,28H,3H2,1-2H3,(H,32,34)(H,33,35). The molecule has 7 heteroatoms. The molecule has 2 N–H and O–H groups in total. The maximum Gasteiger partial charge on any atom is 0.338 e. The molecule has 0 aliphatic heterocycles. The van der Waals surface area contributed by atoms with Crippen molar-refractivity contribution in [3.8, 4) is 0 Å². The van der Waals surface area contributed by atoms with Crippen molar-refractivity contribution in [3.63, 3.8) is 0 Å². The molecule has 4 aromatic rings. The van der Waals surface area contributed by atoms with Gasteiger partial charge in [0.15, 0.2) is 0 Å². The van der Waals surface area contributed by atoms with E-state index in [1.807, 2.05) is 79.7 Å². The first kappa shape index (κ1) is 26.7. The molecule has 0 saturated heterocycles. The highest BCUT2D eigenvalue weighted by molar-refractivity contribution is 8.00. The molecular formula is C31H28N2O4S. The molecule has 0 saturated carbocycles. The van der Waals surface area contributed by atoms with Crippen molar-refractivity contribution < 1.29 is 19.1 Å². The van der Waals surface area contributed by atoms with E-state index >= 15 is 0 Å². The summed E-state index contributed by atoms with van der Waals surface area (Å²) in [6.07, 6.45) is 0. The number of carbonyl (C=O) groups excluding carboxylic acids is 3. The highest BCUT2D eigenvalue weighted by Crippen LogP contribution is 2.36. The quantitative estimate of drug-likeness (QED) is 0.184. The minimum absolute atomic E-state index is 0.176. The fraction of sp³-hybridized carbons (Fsp3) is 0.129. The summed E-state index contributed by atoms with van der Waals surface area (Å²) in [6.45, 7) is 4.00. The number of anilines is 2. The Kier molecular flexibility index (Phi) is 8.95. The molecule has 0 fully saturated rings. The molecule has 0 bridgehead atoms. The number of aryl methyl sites for hydroxylation is 1. The Morgan fingerprint density at radius 2 is 1.42 bits per heavy atom. The van der Waals surface area contributed by atoms with Gasteiger partial charge < -0.3 is 15.4 Å². The molecule has 1 atom stereocenters. The van der Waals surface area contributed by atoms with Crippen LogP contribution in [0, 0.1) is 6.92 Å². The summed E-state index contributed by atoms with van der Waals surface area (Å²) >= 11 is 1.41. The van der Waals surface area contributed by atoms with Gasteiger partial charge in [-0.15, -0.1) is 11.8 Å². The number of hydrogen-bond acceptors (Lipinski definition) is 5. The van der Waals surface area contributed by atoms with Crippen LogP contribution in [0.5, 0.6) is 0 Å². The molecule has 4 rings (SSSR count). The van der Waals surface area contributed by atoms with Gasteiger partial charge in [0, 0.05) is 21.8 Å². The van der Waals surface area contributed by atoms with Crippen molar-refractivity contribution in [1.29, 1.82) is 0 Å². The van der Waals surface area contributed by atoms with Gasteiger partial charge in [-0.25, -0.2) is 4.79 Å². The third kappa shape index (κ3) is 7.11. The second-order valence-corrected chi connectivity index (χ2v) is 9.72. The van der Waals surface area contributed by atoms with Crippen LogP contribution in [0.25, 0.3) is 0 Å². The fourth-order valence-corrected chi connectivity index (χ4v) is 4.78. The van der Waals surface area contributed by atoms with Crippen LogP contribution >= 0.6 is 11.8 Å². The highest BCUT2D eigenvalue weighted by Gasteiger charge is 2.22. The maximum atomic E-state index is 13.4. The van der Waals surface area contributed by atoms with Crippen LogP contribution in [-0.4, -0.2) is 24.4 Å². The van der Waals surface area contributed by atoms with Crippen molar-refractivity contribution in [2.24, 2.45) is 0 Å². The average molecular weight is 525 g/mol. The molecule has 192 valence electrons. The first-order chi connectivity index (χ1) is 18.4. The molecule has 2 amide bonds. The number of carbonyl (C=O) groups is 3. The molecule has 0 heterocycles. The van der Waals surface area contributed by atoms with Crippen LogP contribution in [0.3, 0.4) is 0 Å². The maximum absolute atomic E-state index is 13.4. The van der Waals surface area contributed by atoms with Gasteiger partial charge in [-0.1, -0.05) is 48.0 Å². The molecular weight excluding hydrogens is 496 g/mol. The minimum Gasteiger partial charge on any atom is -0.462 e. The lowest BCUT2D eigenvalue weighted by molar-refractivity contribution is -0.115. The van der Waals surface area contributed by atoms with E-state index in [1.165, 1.54) is 11.8 Å². The zero-order chi connectivity index (χ0) is 26.9. The number of ether oxygens (including phenoxy) is 1. The van der Waals surface area contributed by atoms with Crippen LogP contribution < -0.4 is 10.6 Å². The summed E-state index contributed by atoms with van der Waals surface area (Å²) in [5.41, 5.74) is 4.15. The molecule has 0 radical (unpaired) electrons. The van der Waals surface area contributed by atoms with Gasteiger partial charge in [-0.05, 0) is 80.1 Å². The molecule has 0 aliphatic carbocycles. The predicted molar refractivity (Wildman–Crippen MR) is 152 cm³/mol. The summed E-state index contributed by atoms with van der Waals surface area (Å²) in [5, 5.41) is 5.34. The van der Waals surface area contributed by atoms with E-state index < -0.39 is 11.2 Å². The van der Waals surface area contributed by atoms with Crippen molar-refractivity contribution in [1.82, 2.24) is 0 Å². The lowest BCUT2D eigenvalue weighted by Crippen LogP contribution is -2.19. The summed E-state index contributed by atoms with van der Waals surface area (Å²) in [7, 11) is 0. The Bertz CT molecular complexity index is 1400. The largest absolute Gasteiger partial charge is 0.462 e. The minimum atomic E-state index is -0.520. The van der Waals surface area contributed by atoms with Crippen LogP contribution in [0.1, 0.15) is 44.0 Å². The van der Waals surface area contributed by atoms with Crippen LogP contribution in [-0.2, 0) is 9.53 Å². The highest BCUT2D eigenvalue weighted by atomic mass is 32.2. The molecule has 4 aromatic carbocycles. The van der Waals surface area contributed by atoms with Gasteiger partial charge in [-0.3, -0.25) is 9.59 Å². The zero-order valence-corrected chi connectivity index (χ0v) is 22.0. The average Bonchev–Trinajstić information content (AvgIpc) is 2.93. The zero-order valence-electron chi connectivity index (χ0n) is 21.1. The van der Waals surface area contributed by atoms with Crippen molar-refractivity contribution in [2.45, 2.75) is 24.0 Å². The second kappa shape index (κ2) is 12.7. The topological polar surface area (TPSA) is 84.5 Å². The van der Waals surface area contributed by atoms with Crippen molar-refractivity contribution in [3.05, 3.63) is 125 Å².